The van der Waals surface area contributed by atoms with Crippen LogP contribution in [-0.4, -0.2) is 31.8 Å². The third kappa shape index (κ3) is 2.98. The van der Waals surface area contributed by atoms with E-state index in [1.807, 2.05) is 37.4 Å². The van der Waals surface area contributed by atoms with E-state index in [1.54, 1.807) is 0 Å². The van der Waals surface area contributed by atoms with Crippen molar-refractivity contribution in [1.82, 2.24) is 4.98 Å². The van der Waals surface area contributed by atoms with Crippen LogP contribution in [0.5, 0.6) is 0 Å². The van der Waals surface area contributed by atoms with E-state index < -0.39 is 0 Å². The van der Waals surface area contributed by atoms with E-state index in [4.69, 9.17) is 9.72 Å². The maximum atomic E-state index is 9.35. The van der Waals surface area contributed by atoms with Crippen LogP contribution in [0.25, 0.3) is 10.9 Å². The second-order valence-electron chi connectivity index (χ2n) is 5.59. The third-order valence-electron chi connectivity index (χ3n) is 4.09. The zero-order chi connectivity index (χ0) is 14.7. The van der Waals surface area contributed by atoms with Crippen LogP contribution < -0.4 is 4.90 Å². The highest BCUT2D eigenvalue weighted by atomic mass is 16.5. The van der Waals surface area contributed by atoms with Crippen molar-refractivity contribution in [3.8, 4) is 6.07 Å². The van der Waals surface area contributed by atoms with Gasteiger partial charge in [0, 0.05) is 32.2 Å². The van der Waals surface area contributed by atoms with Crippen LogP contribution in [0.2, 0.25) is 0 Å². The van der Waals surface area contributed by atoms with E-state index in [1.165, 1.54) is 0 Å². The smallest absolute Gasteiger partial charge is 0.130 e. The SMILES string of the molecule is CN(CC1CCOCC1)c1cc(C#N)c2ccccc2n1. The van der Waals surface area contributed by atoms with Gasteiger partial charge >= 0.3 is 0 Å². The molecule has 0 spiro atoms. The third-order valence-corrected chi connectivity index (χ3v) is 4.09. The molecular weight excluding hydrogens is 262 g/mol. The highest BCUT2D eigenvalue weighted by Gasteiger charge is 2.17. The molecule has 0 amide bonds. The van der Waals surface area contributed by atoms with Gasteiger partial charge in [0.25, 0.3) is 0 Å². The van der Waals surface area contributed by atoms with Crippen LogP contribution in [-0.2, 0) is 4.74 Å². The summed E-state index contributed by atoms with van der Waals surface area (Å²) in [5, 5.41) is 10.3. The molecule has 0 unspecified atom stereocenters. The number of benzene rings is 1. The van der Waals surface area contributed by atoms with Gasteiger partial charge in [-0.2, -0.15) is 5.26 Å². The lowest BCUT2D eigenvalue weighted by atomic mass is 10.00. The minimum Gasteiger partial charge on any atom is -0.381 e. The van der Waals surface area contributed by atoms with E-state index in [-0.39, 0.29) is 0 Å². The molecule has 0 radical (unpaired) electrons. The summed E-state index contributed by atoms with van der Waals surface area (Å²) in [7, 11) is 2.05. The Kier molecular flexibility index (Phi) is 4.03. The summed E-state index contributed by atoms with van der Waals surface area (Å²) in [5.41, 5.74) is 1.57. The molecule has 0 aliphatic carbocycles. The Hall–Kier alpha value is -2.12. The molecule has 1 aromatic carbocycles. The lowest BCUT2D eigenvalue weighted by molar-refractivity contribution is 0.0685. The number of rotatable bonds is 3. The van der Waals surface area contributed by atoms with Gasteiger partial charge in [-0.1, -0.05) is 18.2 Å². The van der Waals surface area contributed by atoms with Gasteiger partial charge < -0.3 is 9.64 Å². The van der Waals surface area contributed by atoms with Crippen LogP contribution in [0.15, 0.2) is 30.3 Å². The predicted molar refractivity (Wildman–Crippen MR) is 83.3 cm³/mol. The molecule has 0 atom stereocenters. The monoisotopic (exact) mass is 281 g/mol. The number of nitrogens with zero attached hydrogens (tertiary/aromatic N) is 3. The van der Waals surface area contributed by atoms with E-state index in [2.05, 4.69) is 11.0 Å². The summed E-state index contributed by atoms with van der Waals surface area (Å²) >= 11 is 0. The van der Waals surface area contributed by atoms with E-state index in [9.17, 15) is 5.26 Å². The summed E-state index contributed by atoms with van der Waals surface area (Å²) in [6.07, 6.45) is 2.20. The molecule has 1 saturated heterocycles. The molecule has 4 nitrogen and oxygen atoms in total. The maximum Gasteiger partial charge on any atom is 0.130 e. The number of para-hydroxylation sites is 1. The van der Waals surface area contributed by atoms with Crippen molar-refractivity contribution >= 4 is 16.7 Å². The van der Waals surface area contributed by atoms with Crippen LogP contribution in [0.3, 0.4) is 0 Å². The van der Waals surface area contributed by atoms with Crippen molar-refractivity contribution in [2.24, 2.45) is 5.92 Å². The molecule has 2 heterocycles. The van der Waals surface area contributed by atoms with Gasteiger partial charge in [-0.05, 0) is 30.9 Å². The molecule has 1 aliphatic heterocycles. The zero-order valence-corrected chi connectivity index (χ0v) is 12.2. The fourth-order valence-electron chi connectivity index (χ4n) is 2.86. The molecule has 4 heteroatoms. The van der Waals surface area contributed by atoms with Crippen LogP contribution in [0.1, 0.15) is 18.4 Å². The maximum absolute atomic E-state index is 9.35. The fourth-order valence-corrected chi connectivity index (χ4v) is 2.86. The molecule has 1 aliphatic rings. The van der Waals surface area contributed by atoms with Gasteiger partial charge in [0.1, 0.15) is 5.82 Å². The first-order chi connectivity index (χ1) is 10.3. The van der Waals surface area contributed by atoms with Gasteiger partial charge in [0.05, 0.1) is 17.1 Å². The van der Waals surface area contributed by atoms with Crippen LogP contribution in [0, 0.1) is 17.2 Å². The first-order valence-corrected chi connectivity index (χ1v) is 7.36. The number of aromatic nitrogens is 1. The van der Waals surface area contributed by atoms with Crippen molar-refractivity contribution in [2.75, 3.05) is 31.7 Å². The second-order valence-corrected chi connectivity index (χ2v) is 5.59. The summed E-state index contributed by atoms with van der Waals surface area (Å²) < 4.78 is 5.40. The average Bonchev–Trinajstić information content (AvgIpc) is 2.54. The number of anilines is 1. The Bertz CT molecular complexity index is 671. The second kappa shape index (κ2) is 6.11. The lowest BCUT2D eigenvalue weighted by Gasteiger charge is -2.28. The Morgan fingerprint density at radius 1 is 1.33 bits per heavy atom. The minimum atomic E-state index is 0.641. The molecule has 3 rings (SSSR count). The van der Waals surface area contributed by atoms with Crippen molar-refractivity contribution in [1.29, 1.82) is 5.26 Å². The van der Waals surface area contributed by atoms with Gasteiger partial charge in [-0.3, -0.25) is 0 Å². The van der Waals surface area contributed by atoms with Gasteiger partial charge in [-0.15, -0.1) is 0 Å². The predicted octanol–water partition coefficient (Wildman–Crippen LogP) is 2.97. The average molecular weight is 281 g/mol. The van der Waals surface area contributed by atoms with E-state index in [0.29, 0.717) is 11.5 Å². The highest BCUT2D eigenvalue weighted by Crippen LogP contribution is 2.24. The Labute approximate surface area is 125 Å². The standard InChI is InChI=1S/C17H19N3O/c1-20(12-13-6-8-21-9-7-13)17-10-14(11-18)15-4-2-3-5-16(15)19-17/h2-5,10,13H,6-9,12H2,1H3. The Morgan fingerprint density at radius 3 is 2.86 bits per heavy atom. The number of pyridine rings is 1. The normalized spacial score (nSPS) is 15.8. The number of hydrogen-bond acceptors (Lipinski definition) is 4. The summed E-state index contributed by atoms with van der Waals surface area (Å²) in [6.45, 7) is 2.67. The molecule has 0 saturated carbocycles. The summed E-state index contributed by atoms with van der Waals surface area (Å²) in [5.74, 6) is 1.51. The first kappa shape index (κ1) is 13.8. The van der Waals surface area contributed by atoms with Crippen molar-refractivity contribution in [3.63, 3.8) is 0 Å². The fraction of sp³-hybridized carbons (Fsp3) is 0.412. The van der Waals surface area contributed by atoms with Crippen LogP contribution >= 0.6 is 0 Å². The lowest BCUT2D eigenvalue weighted by Crippen LogP contribution is -2.30. The molecule has 1 fully saturated rings. The van der Waals surface area contributed by atoms with Crippen molar-refractivity contribution in [3.05, 3.63) is 35.9 Å². The molecular formula is C17H19N3O. The first-order valence-electron chi connectivity index (χ1n) is 7.36. The number of hydrogen-bond donors (Lipinski definition) is 0. The van der Waals surface area contributed by atoms with Crippen LogP contribution in [0.4, 0.5) is 5.82 Å². The van der Waals surface area contributed by atoms with Crippen molar-refractivity contribution < 1.29 is 4.74 Å². The summed E-state index contributed by atoms with van der Waals surface area (Å²) in [6, 6.07) is 12.0. The quantitative estimate of drug-likeness (QED) is 0.868. The van der Waals surface area contributed by atoms with Gasteiger partial charge in [-0.25, -0.2) is 4.98 Å². The molecule has 0 N–H and O–H groups in total. The largest absolute Gasteiger partial charge is 0.381 e. The van der Waals surface area contributed by atoms with Gasteiger partial charge in [0.2, 0.25) is 0 Å². The Balaban J connectivity index is 1.87. The summed E-state index contributed by atoms with van der Waals surface area (Å²) in [4.78, 5) is 6.85. The minimum absolute atomic E-state index is 0.641. The topological polar surface area (TPSA) is 49.1 Å². The van der Waals surface area contributed by atoms with E-state index >= 15 is 0 Å². The highest BCUT2D eigenvalue weighted by molar-refractivity contribution is 5.86. The number of fused-ring (bicyclic) bond motifs is 1. The zero-order valence-electron chi connectivity index (χ0n) is 12.2. The molecule has 2 aromatic rings. The molecule has 21 heavy (non-hydrogen) atoms. The number of nitriles is 1. The number of ether oxygens (including phenoxy) is 1. The van der Waals surface area contributed by atoms with E-state index in [0.717, 1.165) is 49.3 Å². The Morgan fingerprint density at radius 2 is 2.10 bits per heavy atom. The molecule has 1 aromatic heterocycles. The van der Waals surface area contributed by atoms with Crippen molar-refractivity contribution in [2.45, 2.75) is 12.8 Å². The molecule has 108 valence electrons. The van der Waals surface area contributed by atoms with Gasteiger partial charge in [0.15, 0.2) is 0 Å². The molecule has 0 bridgehead atoms.